The molecule has 0 unspecified atom stereocenters. The van der Waals surface area contributed by atoms with Crippen LogP contribution in [0.3, 0.4) is 0 Å². The number of carboxylic acid groups (broad SMARTS) is 1. The van der Waals surface area contributed by atoms with Crippen molar-refractivity contribution < 1.29 is 9.90 Å². The number of H-pyrrole nitrogens is 1. The fraction of sp³-hybridized carbons (Fsp3) is 0.500. The van der Waals surface area contributed by atoms with Gasteiger partial charge in [-0.05, 0) is 43.2 Å². The summed E-state index contributed by atoms with van der Waals surface area (Å²) in [7, 11) is 0. The van der Waals surface area contributed by atoms with Crippen molar-refractivity contribution in [1.82, 2.24) is 4.98 Å². The van der Waals surface area contributed by atoms with Gasteiger partial charge in [-0.1, -0.05) is 32.0 Å². The number of aromatic nitrogens is 1. The van der Waals surface area contributed by atoms with E-state index in [2.05, 4.69) is 37.0 Å². The van der Waals surface area contributed by atoms with Crippen molar-refractivity contribution in [3.05, 3.63) is 35.0 Å². The highest BCUT2D eigenvalue weighted by molar-refractivity contribution is 5.88. The van der Waals surface area contributed by atoms with Crippen LogP contribution in [0, 0.1) is 0 Å². The molecule has 0 saturated carbocycles. The van der Waals surface area contributed by atoms with Crippen molar-refractivity contribution in [2.45, 2.75) is 57.8 Å². The Morgan fingerprint density at radius 1 is 1.43 bits per heavy atom. The number of carboxylic acids is 1. The van der Waals surface area contributed by atoms with Gasteiger partial charge in [-0.3, -0.25) is 4.79 Å². The number of hydrogen-bond donors (Lipinski definition) is 2. The van der Waals surface area contributed by atoms with E-state index in [1.54, 1.807) is 0 Å². The standard InChI is InChI=1S/C18H23NO2/c1-3-12-6-4-7-13-14-8-5-10-18(2,11-9-15(20)21)17(14)19-16(12)13/h4,6-7,19H,3,5,8-11H2,1-2H3,(H,20,21)/t18-/m1/s1. The monoisotopic (exact) mass is 285 g/mol. The van der Waals surface area contributed by atoms with Crippen LogP contribution in [0.1, 0.15) is 56.4 Å². The molecule has 3 heteroatoms. The van der Waals surface area contributed by atoms with Gasteiger partial charge in [0.15, 0.2) is 0 Å². The highest BCUT2D eigenvalue weighted by Crippen LogP contribution is 2.43. The molecule has 0 saturated heterocycles. The number of nitrogens with one attached hydrogen (secondary N) is 1. The van der Waals surface area contributed by atoms with Crippen LogP contribution in [0.4, 0.5) is 0 Å². The Labute approximate surface area is 125 Å². The number of benzene rings is 1. The molecule has 0 radical (unpaired) electrons. The molecule has 1 aromatic carbocycles. The summed E-state index contributed by atoms with van der Waals surface area (Å²) in [5.74, 6) is -0.700. The van der Waals surface area contributed by atoms with Crippen molar-refractivity contribution in [2.75, 3.05) is 0 Å². The molecule has 3 nitrogen and oxygen atoms in total. The number of aryl methyl sites for hydroxylation is 2. The number of aromatic amines is 1. The number of hydrogen-bond acceptors (Lipinski definition) is 1. The van der Waals surface area contributed by atoms with E-state index in [-0.39, 0.29) is 11.8 Å². The molecule has 2 aromatic rings. The maximum Gasteiger partial charge on any atom is 0.303 e. The molecule has 0 spiro atoms. The summed E-state index contributed by atoms with van der Waals surface area (Å²) in [4.78, 5) is 14.6. The van der Waals surface area contributed by atoms with E-state index in [0.717, 1.165) is 25.7 Å². The molecule has 1 aromatic heterocycles. The summed E-state index contributed by atoms with van der Waals surface area (Å²) in [6.45, 7) is 4.40. The van der Waals surface area contributed by atoms with Crippen LogP contribution in [0.2, 0.25) is 0 Å². The van der Waals surface area contributed by atoms with Gasteiger partial charge in [0.2, 0.25) is 0 Å². The minimum absolute atomic E-state index is 0.0317. The first kappa shape index (κ1) is 14.2. The molecular formula is C18H23NO2. The average Bonchev–Trinajstić information content (AvgIpc) is 2.86. The minimum atomic E-state index is -0.700. The lowest BCUT2D eigenvalue weighted by Gasteiger charge is -2.33. The van der Waals surface area contributed by atoms with Crippen molar-refractivity contribution in [3.63, 3.8) is 0 Å². The molecule has 0 bridgehead atoms. The molecule has 2 N–H and O–H groups in total. The van der Waals surface area contributed by atoms with Crippen LogP contribution < -0.4 is 0 Å². The molecule has 21 heavy (non-hydrogen) atoms. The molecule has 1 aliphatic rings. The lowest BCUT2D eigenvalue weighted by Crippen LogP contribution is -2.28. The largest absolute Gasteiger partial charge is 0.481 e. The normalized spacial score (nSPS) is 21.4. The molecule has 0 amide bonds. The molecule has 1 atom stereocenters. The van der Waals surface area contributed by atoms with E-state index in [4.69, 9.17) is 5.11 Å². The van der Waals surface area contributed by atoms with Gasteiger partial charge >= 0.3 is 5.97 Å². The third-order valence-corrected chi connectivity index (χ3v) is 5.06. The van der Waals surface area contributed by atoms with Crippen molar-refractivity contribution >= 4 is 16.9 Å². The second-order valence-corrected chi connectivity index (χ2v) is 6.48. The van der Waals surface area contributed by atoms with Gasteiger partial charge in [0, 0.05) is 28.4 Å². The van der Waals surface area contributed by atoms with Crippen LogP contribution in [-0.2, 0) is 23.1 Å². The van der Waals surface area contributed by atoms with Gasteiger partial charge in [0.05, 0.1) is 0 Å². The zero-order chi connectivity index (χ0) is 15.0. The van der Waals surface area contributed by atoms with Gasteiger partial charge in [-0.2, -0.15) is 0 Å². The summed E-state index contributed by atoms with van der Waals surface area (Å²) in [6, 6.07) is 6.52. The number of para-hydroxylation sites is 1. The molecule has 112 valence electrons. The Kier molecular flexibility index (Phi) is 3.52. The zero-order valence-corrected chi connectivity index (χ0v) is 12.8. The van der Waals surface area contributed by atoms with Gasteiger partial charge < -0.3 is 10.1 Å². The summed E-state index contributed by atoms with van der Waals surface area (Å²) in [6.07, 6.45) is 5.29. The molecule has 0 aliphatic heterocycles. The molecule has 3 rings (SSSR count). The lowest BCUT2D eigenvalue weighted by atomic mass is 9.72. The van der Waals surface area contributed by atoms with Gasteiger partial charge in [0.25, 0.3) is 0 Å². The maximum absolute atomic E-state index is 11.0. The molecule has 0 fully saturated rings. The predicted molar refractivity (Wildman–Crippen MR) is 84.8 cm³/mol. The van der Waals surface area contributed by atoms with E-state index in [1.807, 2.05) is 0 Å². The highest BCUT2D eigenvalue weighted by atomic mass is 16.4. The van der Waals surface area contributed by atoms with E-state index in [1.165, 1.54) is 27.7 Å². The van der Waals surface area contributed by atoms with Crippen molar-refractivity contribution in [1.29, 1.82) is 0 Å². The molecular weight excluding hydrogens is 262 g/mol. The van der Waals surface area contributed by atoms with Gasteiger partial charge in [0.1, 0.15) is 0 Å². The van der Waals surface area contributed by atoms with Crippen LogP contribution in [0.15, 0.2) is 18.2 Å². The topological polar surface area (TPSA) is 53.1 Å². The lowest BCUT2D eigenvalue weighted by molar-refractivity contribution is -0.137. The molecule has 1 heterocycles. The smallest absolute Gasteiger partial charge is 0.303 e. The number of carbonyl (C=O) groups is 1. The Morgan fingerprint density at radius 2 is 2.24 bits per heavy atom. The summed E-state index contributed by atoms with van der Waals surface area (Å²) in [5.41, 5.74) is 5.27. The zero-order valence-electron chi connectivity index (χ0n) is 12.8. The van der Waals surface area contributed by atoms with E-state index in [9.17, 15) is 4.79 Å². The van der Waals surface area contributed by atoms with Crippen molar-refractivity contribution in [2.24, 2.45) is 0 Å². The first-order valence-corrected chi connectivity index (χ1v) is 7.90. The third-order valence-electron chi connectivity index (χ3n) is 5.06. The van der Waals surface area contributed by atoms with Crippen LogP contribution in [0.5, 0.6) is 0 Å². The maximum atomic E-state index is 11.0. The number of aliphatic carboxylic acids is 1. The second kappa shape index (κ2) is 5.21. The van der Waals surface area contributed by atoms with E-state index < -0.39 is 5.97 Å². The Morgan fingerprint density at radius 3 is 2.95 bits per heavy atom. The minimum Gasteiger partial charge on any atom is -0.481 e. The number of fused-ring (bicyclic) bond motifs is 3. The van der Waals surface area contributed by atoms with Gasteiger partial charge in [-0.15, -0.1) is 0 Å². The first-order chi connectivity index (χ1) is 10.0. The Bertz CT molecular complexity index is 686. The Balaban J connectivity index is 2.11. The van der Waals surface area contributed by atoms with E-state index in [0.29, 0.717) is 6.42 Å². The molecule has 1 aliphatic carbocycles. The fourth-order valence-corrected chi connectivity index (χ4v) is 3.82. The second-order valence-electron chi connectivity index (χ2n) is 6.48. The summed E-state index contributed by atoms with van der Waals surface area (Å²) < 4.78 is 0. The summed E-state index contributed by atoms with van der Waals surface area (Å²) >= 11 is 0. The average molecular weight is 285 g/mol. The third kappa shape index (κ3) is 2.35. The quantitative estimate of drug-likeness (QED) is 0.885. The number of rotatable bonds is 4. The SMILES string of the molecule is CCc1cccc2c3c([nH]c12)[C@@](C)(CCC(=O)O)CCC3. The highest BCUT2D eigenvalue weighted by Gasteiger charge is 2.35. The fourth-order valence-electron chi connectivity index (χ4n) is 3.82. The van der Waals surface area contributed by atoms with Crippen LogP contribution in [-0.4, -0.2) is 16.1 Å². The summed E-state index contributed by atoms with van der Waals surface area (Å²) in [5, 5.41) is 10.4. The Hall–Kier alpha value is -1.77. The van der Waals surface area contributed by atoms with Crippen LogP contribution >= 0.6 is 0 Å². The predicted octanol–water partition coefficient (Wildman–Crippen LogP) is 4.19. The van der Waals surface area contributed by atoms with Crippen LogP contribution in [0.25, 0.3) is 10.9 Å². The van der Waals surface area contributed by atoms with E-state index >= 15 is 0 Å². The van der Waals surface area contributed by atoms with Gasteiger partial charge in [-0.25, -0.2) is 0 Å². The van der Waals surface area contributed by atoms with Crippen molar-refractivity contribution in [3.8, 4) is 0 Å². The first-order valence-electron chi connectivity index (χ1n) is 7.90.